The number of hydrogen-bond donors (Lipinski definition) is 0. The standard InChI is InChI=1S/C26H22ClF3N4O3S/c1-38(35,36)14-13-33-16-24(18-3-2-4-19(15-18)26(28,29)30)34(25(33)32-17-31)21-7-11-23(12-8-21)37-22-9-5-20(27)6-10-22/h2-12,15,24H,13-14,16H2,1H3. The molecule has 1 aliphatic rings. The summed E-state index contributed by atoms with van der Waals surface area (Å²) >= 11 is 5.91. The Kier molecular flexibility index (Phi) is 7.85. The minimum Gasteiger partial charge on any atom is -0.457 e. The molecule has 0 aromatic heterocycles. The number of halogens is 4. The summed E-state index contributed by atoms with van der Waals surface area (Å²) in [6.07, 6.45) is -1.72. The summed E-state index contributed by atoms with van der Waals surface area (Å²) in [5.74, 6) is 0.987. The van der Waals surface area contributed by atoms with Crippen molar-refractivity contribution in [2.24, 2.45) is 4.99 Å². The van der Waals surface area contributed by atoms with Gasteiger partial charge in [-0.3, -0.25) is 0 Å². The third-order valence-electron chi connectivity index (χ3n) is 5.85. The summed E-state index contributed by atoms with van der Waals surface area (Å²) in [7, 11) is -3.35. The SMILES string of the molecule is CS(=O)(=O)CCN1CC(c2cccc(C(F)(F)F)c2)N(c2ccc(Oc3ccc(Cl)cc3)cc2)C1=NC#N. The number of hydrogen-bond acceptors (Lipinski definition) is 5. The number of benzene rings is 3. The van der Waals surface area contributed by atoms with E-state index in [0.717, 1.165) is 18.4 Å². The van der Waals surface area contributed by atoms with Gasteiger partial charge >= 0.3 is 6.18 Å². The van der Waals surface area contributed by atoms with Crippen molar-refractivity contribution in [3.05, 3.63) is 88.9 Å². The molecule has 38 heavy (non-hydrogen) atoms. The van der Waals surface area contributed by atoms with Crippen molar-refractivity contribution in [1.29, 1.82) is 5.26 Å². The van der Waals surface area contributed by atoms with E-state index in [1.54, 1.807) is 70.6 Å². The quantitative estimate of drug-likeness (QED) is 0.333. The van der Waals surface area contributed by atoms with E-state index in [4.69, 9.17) is 16.3 Å². The van der Waals surface area contributed by atoms with Crippen LogP contribution in [0, 0.1) is 11.5 Å². The van der Waals surface area contributed by atoms with Crippen molar-refractivity contribution in [3.8, 4) is 17.7 Å². The zero-order valence-corrected chi connectivity index (χ0v) is 21.6. The first kappa shape index (κ1) is 27.3. The lowest BCUT2D eigenvalue weighted by Crippen LogP contribution is -2.36. The van der Waals surface area contributed by atoms with E-state index in [-0.39, 0.29) is 24.8 Å². The Morgan fingerprint density at radius 2 is 1.71 bits per heavy atom. The highest BCUT2D eigenvalue weighted by atomic mass is 35.5. The van der Waals surface area contributed by atoms with Gasteiger partial charge in [0.05, 0.1) is 17.4 Å². The fraction of sp³-hybridized carbons (Fsp3) is 0.231. The number of rotatable bonds is 7. The minimum atomic E-state index is -4.54. The molecule has 0 saturated carbocycles. The van der Waals surface area contributed by atoms with Crippen molar-refractivity contribution in [3.63, 3.8) is 0 Å². The van der Waals surface area contributed by atoms with Crippen LogP contribution in [0.2, 0.25) is 5.02 Å². The molecule has 198 valence electrons. The van der Waals surface area contributed by atoms with Crippen LogP contribution >= 0.6 is 11.6 Å². The zero-order chi connectivity index (χ0) is 27.5. The highest BCUT2D eigenvalue weighted by molar-refractivity contribution is 7.90. The second kappa shape index (κ2) is 10.9. The summed E-state index contributed by atoms with van der Waals surface area (Å²) in [6, 6.07) is 17.8. The predicted octanol–water partition coefficient (Wildman–Crippen LogP) is 5.90. The number of alkyl halides is 3. The maximum Gasteiger partial charge on any atom is 0.416 e. The van der Waals surface area contributed by atoms with Gasteiger partial charge in [-0.05, 0) is 66.2 Å². The van der Waals surface area contributed by atoms with Crippen molar-refractivity contribution < 1.29 is 26.3 Å². The monoisotopic (exact) mass is 562 g/mol. The Bertz CT molecular complexity index is 1470. The lowest BCUT2D eigenvalue weighted by molar-refractivity contribution is -0.137. The minimum absolute atomic E-state index is 0.0169. The van der Waals surface area contributed by atoms with Crippen LogP contribution in [-0.2, 0) is 16.0 Å². The number of nitriles is 1. The van der Waals surface area contributed by atoms with Crippen molar-refractivity contribution in [2.45, 2.75) is 12.2 Å². The smallest absolute Gasteiger partial charge is 0.416 e. The highest BCUT2D eigenvalue weighted by Gasteiger charge is 2.39. The molecule has 0 radical (unpaired) electrons. The fourth-order valence-electron chi connectivity index (χ4n) is 4.09. The first-order valence-electron chi connectivity index (χ1n) is 11.3. The lowest BCUT2D eigenvalue weighted by Gasteiger charge is -2.26. The van der Waals surface area contributed by atoms with E-state index < -0.39 is 27.6 Å². The van der Waals surface area contributed by atoms with Gasteiger partial charge in [-0.25, -0.2) is 8.42 Å². The van der Waals surface area contributed by atoms with E-state index in [9.17, 15) is 26.9 Å². The Morgan fingerprint density at radius 3 is 2.29 bits per heavy atom. The maximum atomic E-state index is 13.5. The van der Waals surface area contributed by atoms with E-state index in [0.29, 0.717) is 27.8 Å². The number of aliphatic imine (C=N–C) groups is 1. The summed E-state index contributed by atoms with van der Waals surface area (Å²) in [5, 5.41) is 9.95. The molecule has 3 aromatic carbocycles. The molecule has 0 aliphatic carbocycles. The second-order valence-electron chi connectivity index (χ2n) is 8.65. The van der Waals surface area contributed by atoms with Crippen molar-refractivity contribution in [1.82, 2.24) is 4.90 Å². The molecule has 0 bridgehead atoms. The molecule has 1 heterocycles. The van der Waals surface area contributed by atoms with Gasteiger partial charge < -0.3 is 14.5 Å². The lowest BCUT2D eigenvalue weighted by atomic mass is 10.0. The van der Waals surface area contributed by atoms with Crippen LogP contribution in [0.4, 0.5) is 18.9 Å². The van der Waals surface area contributed by atoms with Crippen LogP contribution < -0.4 is 9.64 Å². The number of nitrogens with zero attached hydrogens (tertiary/aromatic N) is 4. The fourth-order valence-corrected chi connectivity index (χ4v) is 4.76. The number of anilines is 1. The van der Waals surface area contributed by atoms with E-state index in [2.05, 4.69) is 4.99 Å². The van der Waals surface area contributed by atoms with Crippen LogP contribution in [0.3, 0.4) is 0 Å². The van der Waals surface area contributed by atoms with Gasteiger partial charge in [0.25, 0.3) is 0 Å². The molecule has 1 fully saturated rings. The van der Waals surface area contributed by atoms with Crippen LogP contribution in [0.5, 0.6) is 11.5 Å². The third kappa shape index (κ3) is 6.57. The van der Waals surface area contributed by atoms with Crippen molar-refractivity contribution in [2.75, 3.05) is 30.0 Å². The molecule has 0 amide bonds. The van der Waals surface area contributed by atoms with E-state index >= 15 is 0 Å². The average Bonchev–Trinajstić information content (AvgIpc) is 3.22. The Morgan fingerprint density at radius 1 is 1.08 bits per heavy atom. The number of guanidine groups is 1. The van der Waals surface area contributed by atoms with E-state index in [1.807, 2.05) is 0 Å². The number of sulfone groups is 1. The highest BCUT2D eigenvalue weighted by Crippen LogP contribution is 2.38. The molecule has 4 rings (SSSR count). The van der Waals surface area contributed by atoms with Gasteiger partial charge in [0, 0.05) is 30.1 Å². The molecule has 1 saturated heterocycles. The average molecular weight is 563 g/mol. The molecule has 1 aliphatic heterocycles. The molecule has 0 N–H and O–H groups in total. The van der Waals surface area contributed by atoms with Gasteiger partial charge in [0.1, 0.15) is 21.3 Å². The topological polar surface area (TPSA) is 86.0 Å². The molecule has 1 unspecified atom stereocenters. The van der Waals surface area contributed by atoms with E-state index in [1.165, 1.54) is 6.07 Å². The van der Waals surface area contributed by atoms with Crippen LogP contribution in [0.25, 0.3) is 0 Å². The maximum absolute atomic E-state index is 13.5. The summed E-state index contributed by atoms with van der Waals surface area (Å²) in [5.41, 5.74) is 0.0653. The first-order chi connectivity index (χ1) is 17.9. The zero-order valence-electron chi connectivity index (χ0n) is 20.1. The summed E-state index contributed by atoms with van der Waals surface area (Å²) in [4.78, 5) is 7.14. The molecule has 0 spiro atoms. The van der Waals surface area contributed by atoms with Gasteiger partial charge in [0.15, 0.2) is 0 Å². The molecule has 1 atom stereocenters. The van der Waals surface area contributed by atoms with Gasteiger partial charge in [-0.15, -0.1) is 4.99 Å². The van der Waals surface area contributed by atoms with Crippen LogP contribution in [-0.4, -0.2) is 44.4 Å². The summed E-state index contributed by atoms with van der Waals surface area (Å²) in [6.45, 7) is 0.142. The Hall–Kier alpha value is -3.75. The third-order valence-corrected chi connectivity index (χ3v) is 7.02. The van der Waals surface area contributed by atoms with Crippen LogP contribution in [0.15, 0.2) is 77.8 Å². The molecular formula is C26H22ClF3N4O3S. The van der Waals surface area contributed by atoms with Gasteiger partial charge in [-0.1, -0.05) is 23.7 Å². The predicted molar refractivity (Wildman–Crippen MR) is 139 cm³/mol. The Balaban J connectivity index is 1.72. The summed E-state index contributed by atoms with van der Waals surface area (Å²) < 4.78 is 69.9. The first-order valence-corrected chi connectivity index (χ1v) is 13.8. The molecule has 3 aromatic rings. The van der Waals surface area contributed by atoms with Gasteiger partial charge in [-0.2, -0.15) is 18.4 Å². The van der Waals surface area contributed by atoms with Crippen molar-refractivity contribution >= 4 is 33.1 Å². The van der Waals surface area contributed by atoms with Crippen LogP contribution in [0.1, 0.15) is 17.2 Å². The molecular weight excluding hydrogens is 541 g/mol. The second-order valence-corrected chi connectivity index (χ2v) is 11.3. The van der Waals surface area contributed by atoms with Gasteiger partial charge in [0.2, 0.25) is 12.2 Å². The largest absolute Gasteiger partial charge is 0.457 e. The molecule has 12 heteroatoms. The normalized spacial score (nSPS) is 17.1. The Labute approximate surface area is 223 Å². The molecule has 7 nitrogen and oxygen atoms in total. The number of ether oxygens (including phenoxy) is 1.